The number of nitrogens with one attached hydrogen (secondary N) is 1. The first-order chi connectivity index (χ1) is 9.95. The van der Waals surface area contributed by atoms with Crippen molar-refractivity contribution in [1.82, 2.24) is 4.31 Å². The average molecular weight is 325 g/mol. The van der Waals surface area contributed by atoms with Crippen molar-refractivity contribution in [1.29, 1.82) is 0 Å². The molecule has 0 spiro atoms. The van der Waals surface area contributed by atoms with Crippen LogP contribution in [0.4, 0.5) is 5.69 Å². The zero-order valence-electron chi connectivity index (χ0n) is 11.9. The summed E-state index contributed by atoms with van der Waals surface area (Å²) in [6.45, 7) is 0.232. The number of rotatable bonds is 5. The third-order valence-corrected chi connectivity index (χ3v) is 5.39. The molecule has 0 aromatic heterocycles. The van der Waals surface area contributed by atoms with E-state index in [0.29, 0.717) is 5.02 Å². The summed E-state index contributed by atoms with van der Waals surface area (Å²) in [7, 11) is -0.201. The van der Waals surface area contributed by atoms with Gasteiger partial charge in [-0.05, 0) is 35.9 Å². The minimum Gasteiger partial charge on any atom is -0.388 e. The van der Waals surface area contributed by atoms with E-state index in [1.54, 1.807) is 44.4 Å². The first-order valence-corrected chi connectivity index (χ1v) is 8.24. The molecular formula is C15H17ClN2O2S. The molecule has 0 bridgehead atoms. The van der Waals surface area contributed by atoms with Crippen molar-refractivity contribution in [2.45, 2.75) is 11.4 Å². The van der Waals surface area contributed by atoms with Crippen molar-refractivity contribution in [3.05, 3.63) is 59.1 Å². The molecule has 0 aliphatic carbocycles. The fourth-order valence-electron chi connectivity index (χ4n) is 1.93. The molecule has 0 saturated heterocycles. The van der Waals surface area contributed by atoms with E-state index in [4.69, 9.17) is 11.6 Å². The molecule has 112 valence electrons. The lowest BCUT2D eigenvalue weighted by Crippen LogP contribution is -2.26. The molecule has 0 saturated carbocycles. The Kier molecular flexibility index (Phi) is 4.88. The minimum absolute atomic E-state index is 0.232. The number of anilines is 1. The van der Waals surface area contributed by atoms with Gasteiger partial charge >= 0.3 is 0 Å². The highest BCUT2D eigenvalue weighted by Gasteiger charge is 2.21. The number of halogens is 1. The van der Waals surface area contributed by atoms with Gasteiger partial charge in [-0.25, -0.2) is 8.42 Å². The molecule has 21 heavy (non-hydrogen) atoms. The number of nitrogens with zero attached hydrogens (tertiary/aromatic N) is 1. The predicted octanol–water partition coefficient (Wildman–Crippen LogP) is 3.20. The van der Waals surface area contributed by atoms with Gasteiger partial charge in [0.2, 0.25) is 10.0 Å². The van der Waals surface area contributed by atoms with Crippen LogP contribution in [0.2, 0.25) is 5.02 Å². The molecule has 0 aliphatic heterocycles. The Morgan fingerprint density at radius 3 is 2.29 bits per heavy atom. The van der Waals surface area contributed by atoms with E-state index in [-0.39, 0.29) is 11.4 Å². The molecule has 0 aliphatic rings. The summed E-state index contributed by atoms with van der Waals surface area (Å²) in [6.07, 6.45) is 0. The van der Waals surface area contributed by atoms with Crippen LogP contribution in [0.3, 0.4) is 0 Å². The number of hydrogen-bond donors (Lipinski definition) is 1. The maximum atomic E-state index is 12.5. The quantitative estimate of drug-likeness (QED) is 0.918. The Morgan fingerprint density at radius 2 is 1.71 bits per heavy atom. The third-order valence-electron chi connectivity index (χ3n) is 3.20. The summed E-state index contributed by atoms with van der Waals surface area (Å²) in [5.41, 5.74) is 1.64. The van der Waals surface area contributed by atoms with E-state index in [1.807, 2.05) is 18.2 Å². The van der Waals surface area contributed by atoms with Gasteiger partial charge in [0, 0.05) is 31.4 Å². The van der Waals surface area contributed by atoms with Gasteiger partial charge in [0.1, 0.15) is 0 Å². The van der Waals surface area contributed by atoms with Gasteiger partial charge in [-0.3, -0.25) is 0 Å². The molecule has 0 unspecified atom stereocenters. The second kappa shape index (κ2) is 6.47. The number of benzene rings is 2. The fraction of sp³-hybridized carbons (Fsp3) is 0.200. The van der Waals surface area contributed by atoms with Crippen LogP contribution < -0.4 is 5.32 Å². The van der Waals surface area contributed by atoms with Crippen LogP contribution in [-0.2, 0) is 16.6 Å². The van der Waals surface area contributed by atoms with E-state index in [0.717, 1.165) is 11.3 Å². The van der Waals surface area contributed by atoms with E-state index in [1.165, 1.54) is 4.31 Å². The highest BCUT2D eigenvalue weighted by molar-refractivity contribution is 7.89. The zero-order valence-corrected chi connectivity index (χ0v) is 13.4. The van der Waals surface area contributed by atoms with Crippen molar-refractivity contribution in [3.63, 3.8) is 0 Å². The molecule has 2 rings (SSSR count). The van der Waals surface area contributed by atoms with Crippen molar-refractivity contribution < 1.29 is 8.42 Å². The van der Waals surface area contributed by atoms with E-state index >= 15 is 0 Å². The Bertz CT molecular complexity index is 715. The van der Waals surface area contributed by atoms with Crippen LogP contribution in [-0.4, -0.2) is 26.8 Å². The molecule has 0 radical (unpaired) electrons. The van der Waals surface area contributed by atoms with E-state index in [9.17, 15) is 8.42 Å². The highest BCUT2D eigenvalue weighted by atomic mass is 35.5. The van der Waals surface area contributed by atoms with Crippen molar-refractivity contribution in [3.8, 4) is 0 Å². The molecule has 6 heteroatoms. The summed E-state index contributed by atoms with van der Waals surface area (Å²) in [5, 5.41) is 3.52. The average Bonchev–Trinajstić information content (AvgIpc) is 2.49. The Hall–Kier alpha value is -1.56. The molecule has 1 N–H and O–H groups in total. The van der Waals surface area contributed by atoms with Gasteiger partial charge in [0.25, 0.3) is 0 Å². The second-order valence-electron chi connectivity index (χ2n) is 4.63. The predicted molar refractivity (Wildman–Crippen MR) is 86.1 cm³/mol. The first kappa shape index (κ1) is 15.8. The molecular weight excluding hydrogens is 308 g/mol. The summed E-state index contributed by atoms with van der Waals surface area (Å²) in [4.78, 5) is 0.260. The molecule has 4 nitrogen and oxygen atoms in total. The Morgan fingerprint density at radius 1 is 1.10 bits per heavy atom. The SMILES string of the molecule is CNc1ccc(S(=O)(=O)N(C)Cc2ccccc2Cl)cc1. The van der Waals surface area contributed by atoms with E-state index < -0.39 is 10.0 Å². The summed E-state index contributed by atoms with van der Waals surface area (Å²) >= 11 is 6.07. The second-order valence-corrected chi connectivity index (χ2v) is 7.08. The number of hydrogen-bond acceptors (Lipinski definition) is 3. The third kappa shape index (κ3) is 3.56. The van der Waals surface area contributed by atoms with Crippen molar-refractivity contribution >= 4 is 27.3 Å². The van der Waals surface area contributed by atoms with Crippen LogP contribution in [0, 0.1) is 0 Å². The monoisotopic (exact) mass is 324 g/mol. The summed E-state index contributed by atoms with van der Waals surface area (Å²) in [5.74, 6) is 0. The van der Waals surface area contributed by atoms with Gasteiger partial charge < -0.3 is 5.32 Å². The van der Waals surface area contributed by atoms with Crippen LogP contribution >= 0.6 is 11.6 Å². The van der Waals surface area contributed by atoms with E-state index in [2.05, 4.69) is 5.32 Å². The Labute approximate surface area is 130 Å². The largest absolute Gasteiger partial charge is 0.388 e. The maximum Gasteiger partial charge on any atom is 0.243 e. The lowest BCUT2D eigenvalue weighted by Gasteiger charge is -2.18. The molecule has 0 fully saturated rings. The standard InChI is InChI=1S/C15H17ClN2O2S/c1-17-13-7-9-14(10-8-13)21(19,20)18(2)11-12-5-3-4-6-15(12)16/h3-10,17H,11H2,1-2H3. The van der Waals surface area contributed by atoms with Gasteiger partial charge in [-0.1, -0.05) is 29.8 Å². The molecule has 2 aromatic rings. The maximum absolute atomic E-state index is 12.5. The molecule has 0 heterocycles. The number of sulfonamides is 1. The van der Waals surface area contributed by atoms with Gasteiger partial charge in [0.05, 0.1) is 4.90 Å². The van der Waals surface area contributed by atoms with Crippen LogP contribution in [0.15, 0.2) is 53.4 Å². The van der Waals surface area contributed by atoms with Crippen LogP contribution in [0.25, 0.3) is 0 Å². The smallest absolute Gasteiger partial charge is 0.243 e. The zero-order chi connectivity index (χ0) is 15.5. The fourth-order valence-corrected chi connectivity index (χ4v) is 3.27. The molecule has 0 amide bonds. The normalized spacial score (nSPS) is 11.6. The lowest BCUT2D eigenvalue weighted by atomic mass is 10.2. The topological polar surface area (TPSA) is 49.4 Å². The molecule has 2 aromatic carbocycles. The van der Waals surface area contributed by atoms with Crippen molar-refractivity contribution in [2.75, 3.05) is 19.4 Å². The summed E-state index contributed by atoms with van der Waals surface area (Å²) < 4.78 is 26.3. The van der Waals surface area contributed by atoms with Gasteiger partial charge in [0.15, 0.2) is 0 Å². The Balaban J connectivity index is 2.24. The summed E-state index contributed by atoms with van der Waals surface area (Å²) in [6, 6.07) is 13.9. The lowest BCUT2D eigenvalue weighted by molar-refractivity contribution is 0.467. The van der Waals surface area contributed by atoms with Gasteiger partial charge in [-0.2, -0.15) is 4.31 Å². The first-order valence-electron chi connectivity index (χ1n) is 6.42. The minimum atomic E-state index is -3.53. The highest BCUT2D eigenvalue weighted by Crippen LogP contribution is 2.22. The van der Waals surface area contributed by atoms with Crippen LogP contribution in [0.1, 0.15) is 5.56 Å². The van der Waals surface area contributed by atoms with Gasteiger partial charge in [-0.15, -0.1) is 0 Å². The van der Waals surface area contributed by atoms with Crippen molar-refractivity contribution in [2.24, 2.45) is 0 Å². The molecule has 0 atom stereocenters. The van der Waals surface area contributed by atoms with Crippen LogP contribution in [0.5, 0.6) is 0 Å².